The molecule has 0 fully saturated rings. The molecule has 8 nitrogen and oxygen atoms in total. The Bertz CT molecular complexity index is 1220. The number of ether oxygens (including phenoxy) is 1. The third kappa shape index (κ3) is 4.87. The highest BCUT2D eigenvalue weighted by Crippen LogP contribution is 2.34. The molecule has 1 aliphatic heterocycles. The van der Waals surface area contributed by atoms with Crippen LogP contribution in [0.2, 0.25) is 5.02 Å². The number of amides is 2. The zero-order chi connectivity index (χ0) is 22.7. The van der Waals surface area contributed by atoms with Crippen LogP contribution < -0.4 is 15.0 Å². The average molecular weight is 489 g/mol. The standard InChI is InChI=1S/C21H17ClN4O4S2/c1-12-8-18(25-30-12)24-19(27)11-32-21-23-16(10-14-4-3-7-31-14)20(28)26(21)13-5-6-17(29-2)15(22)9-13/h3-10H,11H2,1-2H3,(H,24,25,27). The monoisotopic (exact) mass is 488 g/mol. The van der Waals surface area contributed by atoms with Gasteiger partial charge in [-0.15, -0.1) is 11.3 Å². The van der Waals surface area contributed by atoms with Crippen LogP contribution in [0.1, 0.15) is 10.6 Å². The molecule has 3 aromatic rings. The fourth-order valence-electron chi connectivity index (χ4n) is 2.86. The highest BCUT2D eigenvalue weighted by atomic mass is 35.5. The number of hydrogen-bond donors (Lipinski definition) is 1. The van der Waals surface area contributed by atoms with Crippen molar-refractivity contribution in [2.24, 2.45) is 4.99 Å². The quantitative estimate of drug-likeness (QED) is 0.499. The molecule has 0 saturated carbocycles. The molecule has 0 saturated heterocycles. The number of benzene rings is 1. The number of methoxy groups -OCH3 is 1. The van der Waals surface area contributed by atoms with E-state index in [4.69, 9.17) is 20.9 Å². The van der Waals surface area contributed by atoms with Crippen molar-refractivity contribution >= 4 is 69.3 Å². The Hall–Kier alpha value is -3.08. The van der Waals surface area contributed by atoms with Crippen LogP contribution in [-0.2, 0) is 9.59 Å². The number of nitrogens with zero attached hydrogens (tertiary/aromatic N) is 3. The largest absolute Gasteiger partial charge is 0.495 e. The van der Waals surface area contributed by atoms with Crippen molar-refractivity contribution in [1.29, 1.82) is 0 Å². The summed E-state index contributed by atoms with van der Waals surface area (Å²) in [7, 11) is 1.52. The molecular weight excluding hydrogens is 472 g/mol. The maximum atomic E-state index is 13.2. The van der Waals surface area contributed by atoms with Crippen LogP contribution in [0.3, 0.4) is 0 Å². The number of thiophene rings is 1. The summed E-state index contributed by atoms with van der Waals surface area (Å²) in [6.45, 7) is 1.73. The molecule has 11 heteroatoms. The second kappa shape index (κ2) is 9.60. The Morgan fingerprint density at radius 1 is 1.38 bits per heavy atom. The summed E-state index contributed by atoms with van der Waals surface area (Å²) < 4.78 is 10.1. The number of carbonyl (C=O) groups excluding carboxylic acids is 2. The van der Waals surface area contributed by atoms with Crippen molar-refractivity contribution in [2.75, 3.05) is 23.1 Å². The number of nitrogens with one attached hydrogen (secondary N) is 1. The number of aromatic nitrogens is 1. The number of thioether (sulfide) groups is 1. The lowest BCUT2D eigenvalue weighted by Crippen LogP contribution is -2.31. The highest BCUT2D eigenvalue weighted by molar-refractivity contribution is 8.14. The minimum atomic E-state index is -0.310. The minimum absolute atomic E-state index is 0.0185. The molecule has 2 aromatic heterocycles. The van der Waals surface area contributed by atoms with E-state index in [-0.39, 0.29) is 23.3 Å². The van der Waals surface area contributed by atoms with Gasteiger partial charge in [-0.2, -0.15) is 0 Å². The van der Waals surface area contributed by atoms with Gasteiger partial charge in [0.25, 0.3) is 5.91 Å². The van der Waals surface area contributed by atoms with Gasteiger partial charge in [0.15, 0.2) is 11.0 Å². The van der Waals surface area contributed by atoms with Gasteiger partial charge in [0.1, 0.15) is 17.2 Å². The van der Waals surface area contributed by atoms with E-state index < -0.39 is 0 Å². The van der Waals surface area contributed by atoms with E-state index >= 15 is 0 Å². The van der Waals surface area contributed by atoms with Crippen molar-refractivity contribution in [3.8, 4) is 5.75 Å². The summed E-state index contributed by atoms with van der Waals surface area (Å²) >= 11 is 8.90. The van der Waals surface area contributed by atoms with Gasteiger partial charge in [-0.1, -0.05) is 34.6 Å². The van der Waals surface area contributed by atoms with Crippen LogP contribution in [0, 0.1) is 6.92 Å². The number of halogens is 1. The first-order valence-electron chi connectivity index (χ1n) is 9.32. The first kappa shape index (κ1) is 22.1. The Morgan fingerprint density at radius 2 is 2.22 bits per heavy atom. The van der Waals surface area contributed by atoms with Gasteiger partial charge in [-0.25, -0.2) is 4.99 Å². The first-order valence-corrected chi connectivity index (χ1v) is 11.6. The molecule has 4 rings (SSSR count). The summed E-state index contributed by atoms with van der Waals surface area (Å²) in [6.07, 6.45) is 1.72. The number of amidine groups is 1. The van der Waals surface area contributed by atoms with Crippen LogP contribution in [0.5, 0.6) is 5.75 Å². The fraction of sp³-hybridized carbons (Fsp3) is 0.143. The van der Waals surface area contributed by atoms with E-state index in [9.17, 15) is 9.59 Å². The molecule has 164 valence electrons. The van der Waals surface area contributed by atoms with Gasteiger partial charge in [0.05, 0.1) is 23.6 Å². The van der Waals surface area contributed by atoms with E-state index in [1.807, 2.05) is 17.5 Å². The SMILES string of the molecule is COc1ccc(N2C(=O)C(=Cc3cccs3)N=C2SCC(=O)Nc2cc(C)on2)cc1Cl. The van der Waals surface area contributed by atoms with E-state index in [0.29, 0.717) is 33.2 Å². The molecule has 1 N–H and O–H groups in total. The van der Waals surface area contributed by atoms with Crippen molar-refractivity contribution in [1.82, 2.24) is 5.16 Å². The number of rotatable bonds is 6. The van der Waals surface area contributed by atoms with Crippen LogP contribution in [0.4, 0.5) is 11.5 Å². The molecular formula is C21H17ClN4O4S2. The van der Waals surface area contributed by atoms with Crippen LogP contribution in [0.25, 0.3) is 6.08 Å². The van der Waals surface area contributed by atoms with Crippen LogP contribution >= 0.6 is 34.7 Å². The van der Waals surface area contributed by atoms with Gasteiger partial charge in [0.2, 0.25) is 5.91 Å². The lowest BCUT2D eigenvalue weighted by molar-refractivity contribution is -0.114. The zero-order valence-electron chi connectivity index (χ0n) is 17.0. The molecule has 1 aliphatic rings. The summed E-state index contributed by atoms with van der Waals surface area (Å²) in [6, 6.07) is 10.4. The maximum absolute atomic E-state index is 13.2. The predicted octanol–water partition coefficient (Wildman–Crippen LogP) is 4.82. The van der Waals surface area contributed by atoms with E-state index in [1.165, 1.54) is 23.3 Å². The van der Waals surface area contributed by atoms with E-state index in [0.717, 1.165) is 16.6 Å². The summed E-state index contributed by atoms with van der Waals surface area (Å²) in [5.41, 5.74) is 0.795. The minimum Gasteiger partial charge on any atom is -0.495 e. The van der Waals surface area contributed by atoms with Gasteiger partial charge in [0, 0.05) is 10.9 Å². The number of carbonyl (C=O) groups is 2. The number of hydrogen-bond acceptors (Lipinski definition) is 8. The molecule has 0 aliphatic carbocycles. The molecule has 0 atom stereocenters. The van der Waals surface area contributed by atoms with Crippen molar-refractivity contribution in [3.05, 3.63) is 63.1 Å². The Kier molecular flexibility index (Phi) is 6.63. The molecule has 0 radical (unpaired) electrons. The predicted molar refractivity (Wildman–Crippen MR) is 128 cm³/mol. The molecule has 3 heterocycles. The fourth-order valence-corrected chi connectivity index (χ4v) is 4.57. The Balaban J connectivity index is 1.58. The van der Waals surface area contributed by atoms with E-state index in [2.05, 4.69) is 15.5 Å². The van der Waals surface area contributed by atoms with Crippen molar-refractivity contribution in [2.45, 2.75) is 6.92 Å². The van der Waals surface area contributed by atoms with Crippen LogP contribution in [-0.4, -0.2) is 35.0 Å². The maximum Gasteiger partial charge on any atom is 0.283 e. The number of aliphatic imine (C=N–C) groups is 1. The third-order valence-electron chi connectivity index (χ3n) is 4.27. The lowest BCUT2D eigenvalue weighted by Gasteiger charge is -2.18. The van der Waals surface area contributed by atoms with E-state index in [1.54, 1.807) is 37.3 Å². The van der Waals surface area contributed by atoms with Gasteiger partial charge in [-0.05, 0) is 42.6 Å². The molecule has 2 amide bonds. The van der Waals surface area contributed by atoms with Crippen molar-refractivity contribution in [3.63, 3.8) is 0 Å². The normalized spacial score (nSPS) is 14.7. The lowest BCUT2D eigenvalue weighted by atomic mass is 10.2. The highest BCUT2D eigenvalue weighted by Gasteiger charge is 2.33. The third-order valence-corrected chi connectivity index (χ3v) is 6.33. The molecule has 0 bridgehead atoms. The number of aryl methyl sites for hydroxylation is 1. The summed E-state index contributed by atoms with van der Waals surface area (Å²) in [4.78, 5) is 32.4. The summed E-state index contributed by atoms with van der Waals surface area (Å²) in [5.74, 6) is 0.811. The first-order chi connectivity index (χ1) is 15.4. The average Bonchev–Trinajstić information content (AvgIpc) is 3.49. The van der Waals surface area contributed by atoms with Gasteiger partial charge in [-0.3, -0.25) is 14.5 Å². The second-order valence-corrected chi connectivity index (χ2v) is 8.89. The zero-order valence-corrected chi connectivity index (χ0v) is 19.4. The molecule has 0 unspecified atom stereocenters. The van der Waals surface area contributed by atoms with Crippen LogP contribution in [0.15, 0.2) is 57.0 Å². The van der Waals surface area contributed by atoms with Crippen molar-refractivity contribution < 1.29 is 18.8 Å². The smallest absolute Gasteiger partial charge is 0.283 e. The summed E-state index contributed by atoms with van der Waals surface area (Å²) in [5, 5.41) is 9.04. The second-order valence-electron chi connectivity index (χ2n) is 6.56. The topological polar surface area (TPSA) is 97.0 Å². The van der Waals surface area contributed by atoms with Gasteiger partial charge >= 0.3 is 0 Å². The Labute approximate surface area is 196 Å². The molecule has 0 spiro atoms. The molecule has 32 heavy (non-hydrogen) atoms. The van der Waals surface area contributed by atoms with Gasteiger partial charge < -0.3 is 14.6 Å². The Morgan fingerprint density at radius 3 is 2.88 bits per heavy atom. The number of anilines is 2. The molecule has 1 aromatic carbocycles.